The van der Waals surface area contributed by atoms with E-state index in [2.05, 4.69) is 43.7 Å². The van der Waals surface area contributed by atoms with Crippen molar-refractivity contribution >= 4 is 16.5 Å². The number of hydrogen-bond donors (Lipinski definition) is 1. The fraction of sp³-hybridized carbons (Fsp3) is 0.429. The van der Waals surface area contributed by atoms with Crippen LogP contribution in [0.2, 0.25) is 0 Å². The number of aliphatic hydroxyl groups excluding tert-OH is 1. The van der Waals surface area contributed by atoms with Gasteiger partial charge in [-0.2, -0.15) is 5.26 Å². The van der Waals surface area contributed by atoms with Crippen LogP contribution < -0.4 is 4.90 Å². The van der Waals surface area contributed by atoms with Crippen LogP contribution in [0.4, 0.5) is 5.13 Å². The van der Waals surface area contributed by atoms with Gasteiger partial charge < -0.3 is 10.0 Å². The second-order valence-electron chi connectivity index (χ2n) is 6.77. The van der Waals surface area contributed by atoms with Crippen LogP contribution in [-0.2, 0) is 6.42 Å². The number of aliphatic hydroxyl groups is 1. The minimum atomic E-state index is -0.310. The summed E-state index contributed by atoms with van der Waals surface area (Å²) < 4.78 is 0. The molecule has 1 saturated heterocycles. The van der Waals surface area contributed by atoms with Gasteiger partial charge in [0.25, 0.3) is 0 Å². The molecule has 3 atom stereocenters. The first-order chi connectivity index (χ1) is 12.6. The van der Waals surface area contributed by atoms with E-state index in [9.17, 15) is 10.4 Å². The molecule has 1 aromatic heterocycles. The second kappa shape index (κ2) is 7.91. The highest BCUT2D eigenvalue weighted by molar-refractivity contribution is 7.15. The third-order valence-electron chi connectivity index (χ3n) is 4.64. The summed E-state index contributed by atoms with van der Waals surface area (Å²) in [6.07, 6.45) is 2.78. The van der Waals surface area contributed by atoms with Gasteiger partial charge in [-0.25, -0.2) is 4.98 Å². The molecule has 0 unspecified atom stereocenters. The average Bonchev–Trinajstić information content (AvgIpc) is 3.09. The maximum absolute atomic E-state index is 9.93. The van der Waals surface area contributed by atoms with Gasteiger partial charge in [-0.05, 0) is 24.1 Å². The Morgan fingerprint density at radius 1 is 1.31 bits per heavy atom. The minimum absolute atomic E-state index is 0.00120. The molecule has 1 aromatic carbocycles. The van der Waals surface area contributed by atoms with Crippen molar-refractivity contribution < 1.29 is 5.11 Å². The molecule has 134 valence electrons. The van der Waals surface area contributed by atoms with Crippen LogP contribution in [0.5, 0.6) is 0 Å². The number of nitrogens with zero attached hydrogens (tertiary/aromatic N) is 3. The molecular formula is C21H23N3OS. The van der Waals surface area contributed by atoms with Crippen molar-refractivity contribution in [2.45, 2.75) is 45.2 Å². The molecule has 0 bridgehead atoms. The van der Waals surface area contributed by atoms with Crippen molar-refractivity contribution in [3.8, 4) is 17.9 Å². The first-order valence-corrected chi connectivity index (χ1v) is 9.75. The molecule has 1 aliphatic heterocycles. The number of thiazole rings is 1. The molecule has 0 aliphatic carbocycles. The fourth-order valence-electron chi connectivity index (χ4n) is 3.27. The van der Waals surface area contributed by atoms with Crippen LogP contribution in [0.15, 0.2) is 30.5 Å². The van der Waals surface area contributed by atoms with Crippen LogP contribution in [0.3, 0.4) is 0 Å². The number of nitriles is 1. The zero-order valence-corrected chi connectivity index (χ0v) is 16.1. The maximum atomic E-state index is 9.93. The summed E-state index contributed by atoms with van der Waals surface area (Å²) in [5.74, 6) is 6.63. The van der Waals surface area contributed by atoms with E-state index in [1.165, 1.54) is 4.88 Å². The summed E-state index contributed by atoms with van der Waals surface area (Å²) in [4.78, 5) is 7.60. The number of aryl methyl sites for hydroxylation is 1. The first kappa shape index (κ1) is 18.5. The van der Waals surface area contributed by atoms with Crippen LogP contribution in [0, 0.1) is 29.1 Å². The van der Waals surface area contributed by atoms with Gasteiger partial charge in [-0.3, -0.25) is 0 Å². The first-order valence-electron chi connectivity index (χ1n) is 8.94. The minimum Gasteiger partial charge on any atom is -0.394 e. The van der Waals surface area contributed by atoms with Crippen LogP contribution in [0.1, 0.15) is 42.7 Å². The summed E-state index contributed by atoms with van der Waals surface area (Å²) >= 11 is 1.60. The van der Waals surface area contributed by atoms with Crippen molar-refractivity contribution in [3.63, 3.8) is 0 Å². The molecule has 0 radical (unpaired) electrons. The molecule has 1 aliphatic rings. The number of aromatic nitrogens is 1. The number of anilines is 1. The highest BCUT2D eigenvalue weighted by Gasteiger charge is 2.50. The Balaban J connectivity index is 1.84. The van der Waals surface area contributed by atoms with Crippen LogP contribution in [0.25, 0.3) is 0 Å². The Kier molecular flexibility index (Phi) is 5.61. The van der Waals surface area contributed by atoms with E-state index in [-0.39, 0.29) is 24.6 Å². The molecule has 26 heavy (non-hydrogen) atoms. The highest BCUT2D eigenvalue weighted by atomic mass is 32.1. The van der Waals surface area contributed by atoms with E-state index in [1.54, 1.807) is 11.3 Å². The monoisotopic (exact) mass is 365 g/mol. The van der Waals surface area contributed by atoms with E-state index in [4.69, 9.17) is 0 Å². The number of hydrogen-bond acceptors (Lipinski definition) is 5. The van der Waals surface area contributed by atoms with Gasteiger partial charge >= 0.3 is 0 Å². The molecule has 1 fully saturated rings. The smallest absolute Gasteiger partial charge is 0.186 e. The topological polar surface area (TPSA) is 60.2 Å². The van der Waals surface area contributed by atoms with Crippen molar-refractivity contribution in [2.75, 3.05) is 11.5 Å². The Bertz CT molecular complexity index is 854. The Hall–Kier alpha value is -2.34. The molecule has 0 amide bonds. The van der Waals surface area contributed by atoms with Crippen LogP contribution >= 0.6 is 11.3 Å². The zero-order chi connectivity index (χ0) is 18.7. The summed E-state index contributed by atoms with van der Waals surface area (Å²) in [7, 11) is 0. The van der Waals surface area contributed by atoms with Crippen molar-refractivity contribution in [1.82, 2.24) is 4.98 Å². The molecular weight excluding hydrogens is 342 g/mol. The van der Waals surface area contributed by atoms with Gasteiger partial charge in [-0.1, -0.05) is 44.7 Å². The van der Waals surface area contributed by atoms with E-state index in [0.717, 1.165) is 22.7 Å². The lowest BCUT2D eigenvalue weighted by Gasteiger charge is -2.51. The Labute approximate surface area is 159 Å². The van der Waals surface area contributed by atoms with E-state index in [1.807, 2.05) is 35.4 Å². The Morgan fingerprint density at radius 3 is 2.58 bits per heavy atom. The maximum Gasteiger partial charge on any atom is 0.186 e. The summed E-state index contributed by atoms with van der Waals surface area (Å²) in [5, 5.41) is 20.5. The normalized spacial score (nSPS) is 21.7. The van der Waals surface area contributed by atoms with Crippen molar-refractivity contribution in [3.05, 3.63) is 46.5 Å². The summed E-state index contributed by atoms with van der Waals surface area (Å²) in [5.41, 5.74) is 2.04. The molecule has 4 nitrogen and oxygen atoms in total. The van der Waals surface area contributed by atoms with E-state index >= 15 is 0 Å². The standard InChI is InChI=1S/C21H23N3OS/c1-4-17-12-23-21(26-17)24-18(11-22)20(19(24)13-25)16-9-7-15(8-10-16)6-5-14(2)3/h7-10,12,14,18-20,25H,4,13H2,1-3H3/t18-,19-,20-/m0/s1. The Morgan fingerprint density at radius 2 is 2.04 bits per heavy atom. The fourth-order valence-corrected chi connectivity index (χ4v) is 4.21. The lowest BCUT2D eigenvalue weighted by Crippen LogP contribution is -2.63. The molecule has 1 N–H and O–H groups in total. The summed E-state index contributed by atoms with van der Waals surface area (Å²) in [6, 6.07) is 10.0. The van der Waals surface area contributed by atoms with E-state index in [0.29, 0.717) is 5.92 Å². The molecule has 3 rings (SSSR count). The van der Waals surface area contributed by atoms with Gasteiger partial charge in [-0.15, -0.1) is 11.3 Å². The predicted molar refractivity (Wildman–Crippen MR) is 105 cm³/mol. The van der Waals surface area contributed by atoms with E-state index < -0.39 is 0 Å². The highest BCUT2D eigenvalue weighted by Crippen LogP contribution is 2.44. The second-order valence-corrected chi connectivity index (χ2v) is 7.86. The average molecular weight is 366 g/mol. The van der Waals surface area contributed by atoms with Gasteiger partial charge in [0.15, 0.2) is 5.13 Å². The zero-order valence-electron chi connectivity index (χ0n) is 15.3. The number of rotatable bonds is 4. The summed E-state index contributed by atoms with van der Waals surface area (Å²) in [6.45, 7) is 6.22. The molecule has 0 saturated carbocycles. The third-order valence-corrected chi connectivity index (χ3v) is 5.80. The SMILES string of the molecule is CCc1cnc(N2[C@@H](C#N)[C@H](c3ccc(C#CC(C)C)cc3)[C@@H]2CO)s1. The molecule has 2 aromatic rings. The van der Waals surface area contributed by atoms with Crippen LogP contribution in [-0.4, -0.2) is 28.8 Å². The van der Waals surface area contributed by atoms with Crippen molar-refractivity contribution in [2.24, 2.45) is 5.92 Å². The molecule has 2 heterocycles. The largest absolute Gasteiger partial charge is 0.394 e. The predicted octanol–water partition coefficient (Wildman–Crippen LogP) is 3.57. The third kappa shape index (κ3) is 3.46. The van der Waals surface area contributed by atoms with Crippen molar-refractivity contribution in [1.29, 1.82) is 5.26 Å². The quantitative estimate of drug-likeness (QED) is 0.842. The van der Waals surface area contributed by atoms with Gasteiger partial charge in [0.05, 0.1) is 18.7 Å². The lowest BCUT2D eigenvalue weighted by atomic mass is 9.76. The molecule has 0 spiro atoms. The van der Waals surface area contributed by atoms with Gasteiger partial charge in [0, 0.05) is 28.5 Å². The lowest BCUT2D eigenvalue weighted by molar-refractivity contribution is 0.187. The van der Waals surface area contributed by atoms with Gasteiger partial charge in [0.2, 0.25) is 0 Å². The molecule has 5 heteroatoms. The number of benzene rings is 1. The van der Waals surface area contributed by atoms with Gasteiger partial charge in [0.1, 0.15) is 6.04 Å².